The summed E-state index contributed by atoms with van der Waals surface area (Å²) in [5, 5.41) is 0. The molecular weight excluding hydrogens is 253 g/mol. The van der Waals surface area contributed by atoms with Crippen LogP contribution in [0.2, 0.25) is 0 Å². The third-order valence-corrected chi connectivity index (χ3v) is 2.87. The molecule has 19 heavy (non-hydrogen) atoms. The Hall–Kier alpha value is -2.10. The minimum absolute atomic E-state index is 0.0214. The van der Waals surface area contributed by atoms with Crippen molar-refractivity contribution < 1.29 is 18.0 Å². The zero-order valence-electron chi connectivity index (χ0n) is 10.2. The third-order valence-electron chi connectivity index (χ3n) is 2.87. The summed E-state index contributed by atoms with van der Waals surface area (Å²) in [4.78, 5) is 10.8. The minimum Gasteiger partial charge on any atom is -0.298 e. The van der Waals surface area contributed by atoms with Crippen molar-refractivity contribution in [2.75, 3.05) is 0 Å². The number of carbonyl (C=O) groups excluding carboxylic acids is 1. The number of aldehydes is 1. The fourth-order valence-corrected chi connectivity index (χ4v) is 1.94. The van der Waals surface area contributed by atoms with Crippen molar-refractivity contribution in [3.63, 3.8) is 0 Å². The predicted molar refractivity (Wildman–Crippen MR) is 67.0 cm³/mol. The lowest BCUT2D eigenvalue weighted by Gasteiger charge is -2.11. The van der Waals surface area contributed by atoms with E-state index >= 15 is 0 Å². The molecule has 1 nitrogen and oxygen atoms in total. The molecule has 0 amide bonds. The van der Waals surface area contributed by atoms with Crippen LogP contribution >= 0.6 is 0 Å². The highest BCUT2D eigenvalue weighted by Gasteiger charge is 2.31. The maximum Gasteiger partial charge on any atom is 0.416 e. The van der Waals surface area contributed by atoms with E-state index in [0.29, 0.717) is 17.4 Å². The van der Waals surface area contributed by atoms with Gasteiger partial charge in [-0.2, -0.15) is 13.2 Å². The summed E-state index contributed by atoms with van der Waals surface area (Å²) in [6.07, 6.45) is -4.03. The third kappa shape index (κ3) is 2.84. The first-order valence-electron chi connectivity index (χ1n) is 5.65. The van der Waals surface area contributed by atoms with Gasteiger partial charge in [-0.05, 0) is 41.8 Å². The van der Waals surface area contributed by atoms with Gasteiger partial charge in [-0.15, -0.1) is 0 Å². The largest absolute Gasteiger partial charge is 0.416 e. The van der Waals surface area contributed by atoms with Crippen LogP contribution in [0.1, 0.15) is 21.5 Å². The van der Waals surface area contributed by atoms with Crippen molar-refractivity contribution in [2.24, 2.45) is 0 Å². The Balaban J connectivity index is 2.64. The molecule has 0 aliphatic rings. The van der Waals surface area contributed by atoms with Gasteiger partial charge in [0.05, 0.1) is 5.56 Å². The summed E-state index contributed by atoms with van der Waals surface area (Å²) in [7, 11) is 0. The number of carbonyl (C=O) groups is 1. The lowest BCUT2D eigenvalue weighted by molar-refractivity contribution is -0.137. The molecule has 0 heterocycles. The van der Waals surface area contributed by atoms with Gasteiger partial charge in [0.1, 0.15) is 6.29 Å². The maximum absolute atomic E-state index is 12.8. The highest BCUT2D eigenvalue weighted by Crippen LogP contribution is 2.34. The van der Waals surface area contributed by atoms with Gasteiger partial charge in [-0.25, -0.2) is 0 Å². The molecule has 2 aromatic rings. The Morgan fingerprint density at radius 1 is 1.05 bits per heavy atom. The lowest BCUT2D eigenvalue weighted by atomic mass is 9.97. The molecule has 0 aliphatic carbocycles. The second-order valence-corrected chi connectivity index (χ2v) is 4.27. The van der Waals surface area contributed by atoms with E-state index in [-0.39, 0.29) is 5.56 Å². The van der Waals surface area contributed by atoms with Crippen LogP contribution < -0.4 is 0 Å². The summed E-state index contributed by atoms with van der Waals surface area (Å²) >= 11 is 0. The van der Waals surface area contributed by atoms with E-state index in [4.69, 9.17) is 0 Å². The maximum atomic E-state index is 12.8. The van der Waals surface area contributed by atoms with E-state index in [1.165, 1.54) is 6.07 Å². The fourth-order valence-electron chi connectivity index (χ4n) is 1.94. The zero-order valence-corrected chi connectivity index (χ0v) is 10.2. The van der Waals surface area contributed by atoms with E-state index in [2.05, 4.69) is 0 Å². The second-order valence-electron chi connectivity index (χ2n) is 4.27. The predicted octanol–water partition coefficient (Wildman–Crippen LogP) is 4.49. The molecule has 0 spiro atoms. The van der Waals surface area contributed by atoms with Crippen molar-refractivity contribution in [1.82, 2.24) is 0 Å². The molecule has 0 aromatic heterocycles. The molecule has 4 heteroatoms. The van der Waals surface area contributed by atoms with Crippen LogP contribution in [0.4, 0.5) is 13.2 Å². The van der Waals surface area contributed by atoms with Crippen LogP contribution in [0.5, 0.6) is 0 Å². The molecule has 0 aliphatic heterocycles. The summed E-state index contributed by atoms with van der Waals surface area (Å²) in [5.74, 6) is 0. The fraction of sp³-hybridized carbons (Fsp3) is 0.133. The van der Waals surface area contributed by atoms with Crippen LogP contribution in [-0.2, 0) is 6.18 Å². The quantitative estimate of drug-likeness (QED) is 0.730. The standard InChI is InChI=1S/C15H11F3O/c1-10-4-2-3-5-14(10)12-6-11(9-19)7-13(8-12)15(16,17)18/h2-9H,1H3. The van der Waals surface area contributed by atoms with Crippen LogP contribution in [-0.4, -0.2) is 6.29 Å². The summed E-state index contributed by atoms with van der Waals surface area (Å²) < 4.78 is 38.4. The topological polar surface area (TPSA) is 17.1 Å². The molecule has 0 unspecified atom stereocenters. The average molecular weight is 264 g/mol. The molecule has 98 valence electrons. The number of halogens is 3. The summed E-state index contributed by atoms with van der Waals surface area (Å²) in [5.41, 5.74) is 1.16. The summed E-state index contributed by atoms with van der Waals surface area (Å²) in [6.45, 7) is 1.82. The first-order chi connectivity index (χ1) is 8.91. The van der Waals surface area contributed by atoms with Crippen molar-refractivity contribution in [2.45, 2.75) is 13.1 Å². The molecule has 0 bridgehead atoms. The number of hydrogen-bond acceptors (Lipinski definition) is 1. The molecule has 0 N–H and O–H groups in total. The van der Waals surface area contributed by atoms with Gasteiger partial charge >= 0.3 is 6.18 Å². The Morgan fingerprint density at radius 2 is 1.74 bits per heavy atom. The number of alkyl halides is 3. The van der Waals surface area contributed by atoms with E-state index in [1.807, 2.05) is 19.1 Å². The van der Waals surface area contributed by atoms with Crippen LogP contribution in [0.15, 0.2) is 42.5 Å². The zero-order chi connectivity index (χ0) is 14.0. The minimum atomic E-state index is -4.46. The van der Waals surface area contributed by atoms with Gasteiger partial charge in [0.2, 0.25) is 0 Å². The lowest BCUT2D eigenvalue weighted by Crippen LogP contribution is -2.06. The Labute approximate surface area is 108 Å². The molecule has 0 fully saturated rings. The second kappa shape index (κ2) is 4.88. The van der Waals surface area contributed by atoms with Crippen molar-refractivity contribution in [3.05, 3.63) is 59.2 Å². The van der Waals surface area contributed by atoms with Gasteiger partial charge in [0.25, 0.3) is 0 Å². The molecule has 0 saturated heterocycles. The first-order valence-corrected chi connectivity index (χ1v) is 5.65. The molecule has 0 atom stereocenters. The monoisotopic (exact) mass is 264 g/mol. The SMILES string of the molecule is Cc1ccccc1-c1cc(C=O)cc(C(F)(F)F)c1. The van der Waals surface area contributed by atoms with Gasteiger partial charge in [-0.1, -0.05) is 24.3 Å². The van der Waals surface area contributed by atoms with Crippen molar-refractivity contribution in [3.8, 4) is 11.1 Å². The molecule has 2 rings (SSSR count). The van der Waals surface area contributed by atoms with Gasteiger partial charge in [0.15, 0.2) is 0 Å². The normalized spacial score (nSPS) is 11.4. The Bertz CT molecular complexity index is 615. The number of hydrogen-bond donors (Lipinski definition) is 0. The number of benzene rings is 2. The van der Waals surface area contributed by atoms with E-state index in [1.54, 1.807) is 12.1 Å². The number of aryl methyl sites for hydroxylation is 1. The van der Waals surface area contributed by atoms with Gasteiger partial charge in [0, 0.05) is 5.56 Å². The highest BCUT2D eigenvalue weighted by molar-refractivity contribution is 5.80. The Morgan fingerprint density at radius 3 is 2.32 bits per heavy atom. The van der Waals surface area contributed by atoms with Gasteiger partial charge in [-0.3, -0.25) is 4.79 Å². The average Bonchev–Trinajstić information content (AvgIpc) is 2.37. The van der Waals surface area contributed by atoms with E-state index in [0.717, 1.165) is 17.7 Å². The summed E-state index contributed by atoms with van der Waals surface area (Å²) in [6, 6.07) is 10.5. The molecule has 2 aromatic carbocycles. The van der Waals surface area contributed by atoms with Crippen LogP contribution in [0.3, 0.4) is 0 Å². The van der Waals surface area contributed by atoms with Crippen molar-refractivity contribution >= 4 is 6.29 Å². The molecular formula is C15H11F3O. The van der Waals surface area contributed by atoms with Crippen LogP contribution in [0, 0.1) is 6.92 Å². The molecule has 0 saturated carbocycles. The first kappa shape index (κ1) is 13.3. The number of rotatable bonds is 2. The smallest absolute Gasteiger partial charge is 0.298 e. The van der Waals surface area contributed by atoms with Crippen LogP contribution in [0.25, 0.3) is 11.1 Å². The van der Waals surface area contributed by atoms with E-state index in [9.17, 15) is 18.0 Å². The Kier molecular flexibility index (Phi) is 3.42. The van der Waals surface area contributed by atoms with Gasteiger partial charge < -0.3 is 0 Å². The molecule has 0 radical (unpaired) electrons. The highest BCUT2D eigenvalue weighted by atomic mass is 19.4. The van der Waals surface area contributed by atoms with E-state index < -0.39 is 11.7 Å². The van der Waals surface area contributed by atoms with Crippen molar-refractivity contribution in [1.29, 1.82) is 0 Å².